The normalized spacial score (nSPS) is 20.8. The molecule has 0 N–H and O–H groups in total. The Kier molecular flexibility index (Phi) is 4.80. The van der Waals surface area contributed by atoms with Crippen LogP contribution in [0.25, 0.3) is 0 Å². The van der Waals surface area contributed by atoms with Crippen LogP contribution in [-0.4, -0.2) is 56.0 Å². The van der Waals surface area contributed by atoms with Crippen molar-refractivity contribution in [1.29, 1.82) is 0 Å². The van der Waals surface area contributed by atoms with E-state index in [4.69, 9.17) is 0 Å². The van der Waals surface area contributed by atoms with Gasteiger partial charge in [0.1, 0.15) is 13.2 Å². The fourth-order valence-corrected chi connectivity index (χ4v) is 1.26. The molecule has 1 rings (SSSR count). The molecule has 0 aromatic heterocycles. The van der Waals surface area contributed by atoms with Crippen LogP contribution in [0.3, 0.4) is 0 Å². The summed E-state index contributed by atoms with van der Waals surface area (Å²) in [6.07, 6.45) is -9.34. The first-order valence-electron chi connectivity index (χ1n) is 5.33. The summed E-state index contributed by atoms with van der Waals surface area (Å²) < 4.78 is 124. The number of rotatable bonds is 6. The van der Waals surface area contributed by atoms with Gasteiger partial charge in [-0.2, -0.15) is 39.5 Å². The summed E-state index contributed by atoms with van der Waals surface area (Å²) in [5, 5.41) is 0. The Morgan fingerprint density at radius 2 is 1.55 bits per heavy atom. The maximum Gasteiger partial charge on any atom is 0.508 e. The molecule has 0 bridgehead atoms. The van der Waals surface area contributed by atoms with Gasteiger partial charge in [0.15, 0.2) is 6.10 Å². The second kappa shape index (κ2) is 5.66. The molecule has 1 saturated heterocycles. The van der Waals surface area contributed by atoms with E-state index >= 15 is 0 Å². The Morgan fingerprint density at radius 1 is 1.00 bits per heavy atom. The first-order valence-corrected chi connectivity index (χ1v) is 5.33. The summed E-state index contributed by atoms with van der Waals surface area (Å²) in [6.45, 7) is -3.87. The molecule has 22 heavy (non-hydrogen) atoms. The molecule has 1 heterocycles. The lowest BCUT2D eigenvalue weighted by Gasteiger charge is -2.33. The van der Waals surface area contributed by atoms with Gasteiger partial charge in [-0.15, -0.1) is 0 Å². The monoisotopic (exact) mass is 350 g/mol. The highest BCUT2D eigenvalue weighted by Crippen LogP contribution is 2.53. The van der Waals surface area contributed by atoms with E-state index in [2.05, 4.69) is 14.2 Å². The Labute approximate surface area is 116 Å². The zero-order chi connectivity index (χ0) is 17.4. The fourth-order valence-electron chi connectivity index (χ4n) is 1.26. The maximum absolute atomic E-state index is 13.0. The number of ether oxygens (including phenoxy) is 3. The zero-order valence-electron chi connectivity index (χ0n) is 10.2. The minimum atomic E-state index is -6.96. The summed E-state index contributed by atoms with van der Waals surface area (Å²) in [6, 6.07) is 0. The van der Waals surface area contributed by atoms with Crippen molar-refractivity contribution < 1.29 is 58.5 Å². The fraction of sp³-hybridized carbons (Fsp3) is 0.889. The van der Waals surface area contributed by atoms with Crippen molar-refractivity contribution in [2.24, 2.45) is 0 Å². The molecule has 0 spiro atoms. The number of carbonyl (C=O) groups excluding carboxylic acids is 1. The largest absolute Gasteiger partial charge is 0.508 e. The Bertz CT molecular complexity index is 420. The summed E-state index contributed by atoms with van der Waals surface area (Å²) in [4.78, 5) is 10.4. The van der Waals surface area contributed by atoms with E-state index in [-0.39, 0.29) is 0 Å². The van der Waals surface area contributed by atoms with Gasteiger partial charge >= 0.3 is 30.1 Å². The first-order chi connectivity index (χ1) is 9.72. The third-order valence-electron chi connectivity index (χ3n) is 2.45. The lowest BCUT2D eigenvalue weighted by molar-refractivity contribution is -0.400. The molecule has 0 amide bonds. The van der Waals surface area contributed by atoms with Gasteiger partial charge in [-0.05, 0) is 0 Å². The van der Waals surface area contributed by atoms with Gasteiger partial charge in [0.2, 0.25) is 0 Å². The molecule has 1 aliphatic heterocycles. The van der Waals surface area contributed by atoms with Crippen molar-refractivity contribution in [3.8, 4) is 0 Å². The number of carbonyl (C=O) groups is 1. The summed E-state index contributed by atoms with van der Waals surface area (Å²) in [7, 11) is 0. The average Bonchev–Trinajstić information content (AvgIpc) is 2.72. The van der Waals surface area contributed by atoms with E-state index < -0.39 is 56.0 Å². The quantitative estimate of drug-likeness (QED) is 0.546. The Balaban J connectivity index is 2.69. The molecule has 0 radical (unpaired) electrons. The van der Waals surface area contributed by atoms with Gasteiger partial charge in [0.05, 0.1) is 6.61 Å². The van der Waals surface area contributed by atoms with E-state index in [0.29, 0.717) is 0 Å². The van der Waals surface area contributed by atoms with Crippen LogP contribution < -0.4 is 0 Å². The molecule has 0 saturated carbocycles. The standard InChI is InChI=1S/C9H7F9O4/c10-6(11,3-20-1-4-2-21-5(19)22-4)7(12,13)8(14,15)9(16,17)18/h4H,1-3H2. The van der Waals surface area contributed by atoms with Crippen molar-refractivity contribution >= 4 is 6.16 Å². The highest BCUT2D eigenvalue weighted by molar-refractivity contribution is 5.61. The molecule has 1 atom stereocenters. The van der Waals surface area contributed by atoms with Crippen molar-refractivity contribution in [3.63, 3.8) is 0 Å². The molecule has 1 fully saturated rings. The van der Waals surface area contributed by atoms with Crippen molar-refractivity contribution in [1.82, 2.24) is 0 Å². The SMILES string of the molecule is O=C1OCC(COCC(F)(F)C(F)(F)C(F)(F)C(F)(F)F)O1. The van der Waals surface area contributed by atoms with E-state index in [1.165, 1.54) is 0 Å². The van der Waals surface area contributed by atoms with E-state index in [0.717, 1.165) is 0 Å². The van der Waals surface area contributed by atoms with Gasteiger partial charge in [-0.25, -0.2) is 4.79 Å². The highest BCUT2D eigenvalue weighted by Gasteiger charge is 2.81. The summed E-state index contributed by atoms with van der Waals surface area (Å²) in [5.74, 6) is -19.5. The number of hydrogen-bond acceptors (Lipinski definition) is 4. The second-order valence-corrected chi connectivity index (χ2v) is 4.17. The van der Waals surface area contributed by atoms with Crippen molar-refractivity contribution in [2.45, 2.75) is 30.0 Å². The zero-order valence-corrected chi connectivity index (χ0v) is 10.2. The molecular weight excluding hydrogens is 343 g/mol. The molecule has 1 unspecified atom stereocenters. The summed E-state index contributed by atoms with van der Waals surface area (Å²) in [5.41, 5.74) is 0. The molecular formula is C9H7F9O4. The smallest absolute Gasteiger partial charge is 0.430 e. The van der Waals surface area contributed by atoms with Crippen LogP contribution in [-0.2, 0) is 14.2 Å². The number of alkyl halides is 9. The minimum absolute atomic E-state index is 0.473. The first kappa shape index (κ1) is 18.6. The highest BCUT2D eigenvalue weighted by atomic mass is 19.4. The number of hydrogen-bond donors (Lipinski definition) is 0. The Morgan fingerprint density at radius 3 is 1.95 bits per heavy atom. The average molecular weight is 350 g/mol. The molecule has 13 heteroatoms. The third-order valence-corrected chi connectivity index (χ3v) is 2.45. The van der Waals surface area contributed by atoms with Crippen LogP contribution in [0, 0.1) is 0 Å². The second-order valence-electron chi connectivity index (χ2n) is 4.17. The van der Waals surface area contributed by atoms with Gasteiger partial charge in [0, 0.05) is 0 Å². The van der Waals surface area contributed by atoms with Crippen LogP contribution in [0.4, 0.5) is 44.3 Å². The number of halogens is 9. The van der Waals surface area contributed by atoms with Gasteiger partial charge in [0.25, 0.3) is 0 Å². The van der Waals surface area contributed by atoms with Gasteiger partial charge in [-0.1, -0.05) is 0 Å². The summed E-state index contributed by atoms with van der Waals surface area (Å²) >= 11 is 0. The molecule has 4 nitrogen and oxygen atoms in total. The predicted octanol–water partition coefficient (Wildman–Crippen LogP) is 3.01. The van der Waals surface area contributed by atoms with Crippen LogP contribution in [0.1, 0.15) is 0 Å². The molecule has 0 aliphatic carbocycles. The van der Waals surface area contributed by atoms with E-state index in [1.807, 2.05) is 0 Å². The van der Waals surface area contributed by atoms with Crippen molar-refractivity contribution in [3.05, 3.63) is 0 Å². The van der Waals surface area contributed by atoms with Crippen LogP contribution in [0.15, 0.2) is 0 Å². The van der Waals surface area contributed by atoms with Gasteiger partial charge < -0.3 is 14.2 Å². The molecule has 0 aromatic rings. The van der Waals surface area contributed by atoms with E-state index in [1.54, 1.807) is 0 Å². The molecule has 130 valence electrons. The number of cyclic esters (lactones) is 2. The molecule has 0 aromatic carbocycles. The van der Waals surface area contributed by atoms with Crippen LogP contribution in [0.5, 0.6) is 0 Å². The van der Waals surface area contributed by atoms with E-state index in [9.17, 15) is 44.3 Å². The molecule has 1 aliphatic rings. The predicted molar refractivity (Wildman–Crippen MR) is 47.9 cm³/mol. The lowest BCUT2D eigenvalue weighted by atomic mass is 10.0. The van der Waals surface area contributed by atoms with Crippen molar-refractivity contribution in [2.75, 3.05) is 19.8 Å². The van der Waals surface area contributed by atoms with Crippen LogP contribution in [0.2, 0.25) is 0 Å². The van der Waals surface area contributed by atoms with Crippen LogP contribution >= 0.6 is 0 Å². The topological polar surface area (TPSA) is 44.8 Å². The van der Waals surface area contributed by atoms with Gasteiger partial charge in [-0.3, -0.25) is 0 Å². The Hall–Kier alpha value is -1.40. The third kappa shape index (κ3) is 3.33. The maximum atomic E-state index is 13.0. The lowest BCUT2D eigenvalue weighted by Crippen LogP contribution is -2.62. The minimum Gasteiger partial charge on any atom is -0.430 e.